The number of nitriles is 1. The smallest absolute Gasteiger partial charge is 0.0964 e. The van der Waals surface area contributed by atoms with Crippen molar-refractivity contribution < 1.29 is 0 Å². The Balaban J connectivity index is 3.43. The molecule has 1 radical (unpaired) electrons. The van der Waals surface area contributed by atoms with E-state index in [4.69, 9.17) is 0 Å². The molecule has 0 unspecified atom stereocenters. The first-order valence-corrected chi connectivity index (χ1v) is 4.97. The van der Waals surface area contributed by atoms with Crippen LogP contribution >= 0.6 is 0 Å². The molecule has 0 fully saturated rings. The molecular formula is C13H18N. The zero-order valence-corrected chi connectivity index (χ0v) is 9.95. The van der Waals surface area contributed by atoms with Crippen molar-refractivity contribution in [3.63, 3.8) is 0 Å². The highest BCUT2D eigenvalue weighted by Gasteiger charge is 2.36. The van der Waals surface area contributed by atoms with E-state index in [-0.39, 0.29) is 0 Å². The Hall–Kier alpha value is -1.03. The number of hydrogen-bond acceptors (Lipinski definition) is 1. The summed E-state index contributed by atoms with van der Waals surface area (Å²) < 4.78 is 0. The molecule has 14 heavy (non-hydrogen) atoms. The molecule has 0 aromatic rings. The molecule has 0 amide bonds. The summed E-state index contributed by atoms with van der Waals surface area (Å²) in [7, 11) is 0. The third-order valence-corrected chi connectivity index (χ3v) is 3.97. The van der Waals surface area contributed by atoms with Crippen LogP contribution in [0.1, 0.15) is 41.5 Å². The molecule has 0 aliphatic heterocycles. The van der Waals surface area contributed by atoms with Crippen molar-refractivity contribution in [2.75, 3.05) is 0 Å². The largest absolute Gasteiger partial charge is 0.197 e. The number of nitrogens with zero attached hydrogens (tertiary/aromatic N) is 1. The molecule has 0 saturated carbocycles. The van der Waals surface area contributed by atoms with E-state index >= 15 is 0 Å². The zero-order chi connectivity index (χ0) is 11.1. The predicted octanol–water partition coefficient (Wildman–Crippen LogP) is 3.80. The maximum Gasteiger partial charge on any atom is 0.0964 e. The highest BCUT2D eigenvalue weighted by Crippen LogP contribution is 2.46. The molecule has 0 spiro atoms. The Morgan fingerprint density at radius 2 is 1.29 bits per heavy atom. The predicted molar refractivity (Wildman–Crippen MR) is 59.4 cm³/mol. The quantitative estimate of drug-likeness (QED) is 0.567. The second-order valence-corrected chi connectivity index (χ2v) is 4.36. The summed E-state index contributed by atoms with van der Waals surface area (Å²) in [6, 6.07) is 2.43. The molecule has 0 aromatic carbocycles. The summed E-state index contributed by atoms with van der Waals surface area (Å²) in [6.07, 6.45) is 0. The highest BCUT2D eigenvalue weighted by molar-refractivity contribution is 5.54. The summed E-state index contributed by atoms with van der Waals surface area (Å²) >= 11 is 0. The van der Waals surface area contributed by atoms with E-state index in [1.165, 1.54) is 28.2 Å². The van der Waals surface area contributed by atoms with Crippen LogP contribution in [0.15, 0.2) is 22.3 Å². The summed E-state index contributed by atoms with van der Waals surface area (Å²) in [5.74, 6) is 1.33. The molecule has 1 aliphatic rings. The number of allylic oxidation sites excluding steroid dienone is 4. The fourth-order valence-corrected chi connectivity index (χ4v) is 2.04. The van der Waals surface area contributed by atoms with Crippen LogP contribution in [0, 0.1) is 22.7 Å². The minimum absolute atomic E-state index is 0.395. The van der Waals surface area contributed by atoms with Gasteiger partial charge in [0.15, 0.2) is 0 Å². The van der Waals surface area contributed by atoms with Crippen molar-refractivity contribution in [1.29, 1.82) is 5.26 Å². The van der Waals surface area contributed by atoms with Gasteiger partial charge in [-0.25, -0.2) is 0 Å². The van der Waals surface area contributed by atoms with Gasteiger partial charge in [-0.3, -0.25) is 0 Å². The maximum atomic E-state index is 9.29. The molecule has 1 aliphatic carbocycles. The van der Waals surface area contributed by atoms with Crippen LogP contribution in [0.2, 0.25) is 0 Å². The molecule has 1 rings (SSSR count). The number of hydrogen-bond donors (Lipinski definition) is 0. The second-order valence-electron chi connectivity index (χ2n) is 4.36. The van der Waals surface area contributed by atoms with Crippen molar-refractivity contribution in [3.8, 4) is 6.07 Å². The maximum absolute atomic E-state index is 9.29. The molecule has 1 heteroatoms. The average molecular weight is 188 g/mol. The van der Waals surface area contributed by atoms with Gasteiger partial charge in [0.25, 0.3) is 0 Å². The summed E-state index contributed by atoms with van der Waals surface area (Å²) in [6.45, 7) is 12.5. The van der Waals surface area contributed by atoms with Crippen LogP contribution < -0.4 is 0 Å². The van der Waals surface area contributed by atoms with Crippen molar-refractivity contribution in [1.82, 2.24) is 0 Å². The van der Waals surface area contributed by atoms with Crippen LogP contribution in [0.3, 0.4) is 0 Å². The van der Waals surface area contributed by atoms with Crippen LogP contribution in [0.5, 0.6) is 0 Å². The third kappa shape index (κ3) is 1.21. The van der Waals surface area contributed by atoms with Gasteiger partial charge in [0, 0.05) is 5.92 Å². The van der Waals surface area contributed by atoms with Gasteiger partial charge in [-0.05, 0) is 45.8 Å². The van der Waals surface area contributed by atoms with Gasteiger partial charge in [-0.15, -0.1) is 0 Å². The van der Waals surface area contributed by atoms with E-state index in [2.05, 4.69) is 40.7 Å². The van der Waals surface area contributed by atoms with Gasteiger partial charge in [0.2, 0.25) is 0 Å². The molecule has 0 bridgehead atoms. The van der Waals surface area contributed by atoms with Crippen molar-refractivity contribution in [2.24, 2.45) is 5.41 Å². The lowest BCUT2D eigenvalue weighted by molar-refractivity contribution is 0.598. The van der Waals surface area contributed by atoms with Crippen molar-refractivity contribution in [2.45, 2.75) is 41.5 Å². The van der Waals surface area contributed by atoms with Gasteiger partial charge in [0.1, 0.15) is 0 Å². The molecule has 0 N–H and O–H groups in total. The van der Waals surface area contributed by atoms with Gasteiger partial charge in [-0.2, -0.15) is 5.26 Å². The van der Waals surface area contributed by atoms with Gasteiger partial charge in [-0.1, -0.05) is 18.1 Å². The normalized spacial score (nSPS) is 22.6. The fourth-order valence-electron chi connectivity index (χ4n) is 2.04. The van der Waals surface area contributed by atoms with Crippen LogP contribution in [-0.2, 0) is 0 Å². The minimum Gasteiger partial charge on any atom is -0.197 e. The van der Waals surface area contributed by atoms with Crippen molar-refractivity contribution in [3.05, 3.63) is 28.2 Å². The van der Waals surface area contributed by atoms with Gasteiger partial charge >= 0.3 is 0 Å². The molecule has 0 atom stereocenters. The SMILES string of the molecule is C[C]1C(C)=C(C)C(C)(C#N)C(C)=C1C. The third-order valence-electron chi connectivity index (χ3n) is 3.97. The summed E-state index contributed by atoms with van der Waals surface area (Å²) in [5.41, 5.74) is 4.55. The van der Waals surface area contributed by atoms with Crippen LogP contribution in [0.4, 0.5) is 0 Å². The fraction of sp³-hybridized carbons (Fsp3) is 0.538. The molecule has 1 nitrogen and oxygen atoms in total. The standard InChI is InChI=1S/C13H18N/c1-8-9(2)11(4)13(6,7-14)12(5)10(8)3/h1-6H3. The van der Waals surface area contributed by atoms with Crippen LogP contribution in [-0.4, -0.2) is 0 Å². The van der Waals surface area contributed by atoms with E-state index in [1.54, 1.807) is 0 Å². The zero-order valence-electron chi connectivity index (χ0n) is 9.95. The first-order valence-electron chi connectivity index (χ1n) is 4.97. The van der Waals surface area contributed by atoms with E-state index in [0.717, 1.165) is 0 Å². The topological polar surface area (TPSA) is 23.8 Å². The molecule has 0 aromatic heterocycles. The summed E-state index contributed by atoms with van der Waals surface area (Å²) in [4.78, 5) is 0. The Labute approximate surface area is 87.1 Å². The monoisotopic (exact) mass is 188 g/mol. The molecular weight excluding hydrogens is 170 g/mol. The van der Waals surface area contributed by atoms with Gasteiger partial charge < -0.3 is 0 Å². The van der Waals surface area contributed by atoms with E-state index < -0.39 is 5.41 Å². The highest BCUT2D eigenvalue weighted by atomic mass is 14.4. The first kappa shape index (κ1) is 11.0. The molecule has 0 heterocycles. The molecule has 75 valence electrons. The van der Waals surface area contributed by atoms with E-state index in [1.807, 2.05) is 6.92 Å². The Bertz CT molecular complexity index is 337. The van der Waals surface area contributed by atoms with Gasteiger partial charge in [0.05, 0.1) is 11.5 Å². The first-order chi connectivity index (χ1) is 6.36. The molecule has 0 saturated heterocycles. The Kier molecular flexibility index (Phi) is 2.58. The Morgan fingerprint density at radius 3 is 1.57 bits per heavy atom. The Morgan fingerprint density at radius 1 is 0.929 bits per heavy atom. The lowest BCUT2D eigenvalue weighted by Gasteiger charge is -2.35. The average Bonchev–Trinajstić information content (AvgIpc) is 2.21. The second kappa shape index (κ2) is 3.28. The minimum atomic E-state index is -0.395. The van der Waals surface area contributed by atoms with E-state index in [0.29, 0.717) is 0 Å². The number of rotatable bonds is 0. The van der Waals surface area contributed by atoms with Crippen molar-refractivity contribution >= 4 is 0 Å². The lowest BCUT2D eigenvalue weighted by Crippen LogP contribution is -2.25. The van der Waals surface area contributed by atoms with E-state index in [9.17, 15) is 5.26 Å². The van der Waals surface area contributed by atoms with Crippen LogP contribution in [0.25, 0.3) is 0 Å². The lowest BCUT2D eigenvalue weighted by atomic mass is 9.67. The summed E-state index contributed by atoms with van der Waals surface area (Å²) in [5, 5.41) is 9.29.